The third kappa shape index (κ3) is 2.93. The monoisotopic (exact) mass is 326 g/mol. The average molecular weight is 326 g/mol. The predicted molar refractivity (Wildman–Crippen MR) is 92.2 cm³/mol. The first-order chi connectivity index (χ1) is 11.5. The highest BCUT2D eigenvalue weighted by Crippen LogP contribution is 2.27. The van der Waals surface area contributed by atoms with Crippen LogP contribution in [0.4, 0.5) is 0 Å². The van der Waals surface area contributed by atoms with Gasteiger partial charge in [0.25, 0.3) is 5.91 Å². The molecule has 7 nitrogen and oxygen atoms in total. The number of nitrogens with zero attached hydrogens (tertiary/aromatic N) is 5. The number of fused-ring (bicyclic) bond motifs is 1. The highest BCUT2D eigenvalue weighted by molar-refractivity contribution is 6.03. The summed E-state index contributed by atoms with van der Waals surface area (Å²) < 4.78 is 2.00. The quantitative estimate of drug-likeness (QED) is 0.668. The van der Waals surface area contributed by atoms with Gasteiger partial charge in [0.2, 0.25) is 0 Å². The van der Waals surface area contributed by atoms with Crippen molar-refractivity contribution in [1.82, 2.24) is 19.7 Å². The third-order valence-corrected chi connectivity index (χ3v) is 4.35. The van der Waals surface area contributed by atoms with Crippen molar-refractivity contribution >= 4 is 17.5 Å². The summed E-state index contributed by atoms with van der Waals surface area (Å²) in [5, 5.41) is 16.0. The van der Waals surface area contributed by atoms with Crippen LogP contribution in [0.15, 0.2) is 28.8 Å². The lowest BCUT2D eigenvalue weighted by atomic mass is 10.0. The van der Waals surface area contributed by atoms with E-state index in [0.717, 1.165) is 24.2 Å². The molecule has 0 aromatic carbocycles. The summed E-state index contributed by atoms with van der Waals surface area (Å²) in [5.74, 6) is 1.73. The first-order valence-electron chi connectivity index (χ1n) is 8.20. The molecule has 1 aliphatic heterocycles. The number of aliphatic imine (C=N–C) groups is 1. The van der Waals surface area contributed by atoms with E-state index in [2.05, 4.69) is 15.2 Å². The number of rotatable bonds is 2. The van der Waals surface area contributed by atoms with Crippen LogP contribution in [0, 0.1) is 5.41 Å². The molecular formula is C17H22N6O. The number of carbonyl (C=O) groups is 1. The fourth-order valence-corrected chi connectivity index (χ4v) is 3.17. The van der Waals surface area contributed by atoms with Gasteiger partial charge in [0.05, 0.1) is 11.8 Å². The van der Waals surface area contributed by atoms with Gasteiger partial charge in [-0.15, -0.1) is 10.2 Å². The normalized spacial score (nSPS) is 20.6. The standard InChI is InChI=1S/C17H22N6O/c1-11(19-13(3)18)15-20-21-16-12(2)22(9-10-23(15)16)17(24)14-7-5-4-6-8-14/h5,7-8,12,18H,4,6,9-10H2,1-3H3/t12-/m1/s1. The van der Waals surface area contributed by atoms with E-state index in [9.17, 15) is 4.79 Å². The van der Waals surface area contributed by atoms with Crippen molar-refractivity contribution in [3.05, 3.63) is 35.4 Å². The molecule has 0 spiro atoms. The zero-order chi connectivity index (χ0) is 17.3. The minimum atomic E-state index is -0.141. The van der Waals surface area contributed by atoms with Crippen LogP contribution >= 0.6 is 0 Å². The third-order valence-electron chi connectivity index (χ3n) is 4.35. The molecule has 1 N–H and O–H groups in total. The number of amides is 1. The van der Waals surface area contributed by atoms with Gasteiger partial charge in [-0.25, -0.2) is 4.99 Å². The molecule has 0 saturated heterocycles. The molecule has 0 fully saturated rings. The van der Waals surface area contributed by atoms with Gasteiger partial charge in [0, 0.05) is 18.7 Å². The second-order valence-electron chi connectivity index (χ2n) is 6.13. The van der Waals surface area contributed by atoms with E-state index in [1.165, 1.54) is 0 Å². The maximum atomic E-state index is 12.8. The van der Waals surface area contributed by atoms with Gasteiger partial charge in [0.1, 0.15) is 5.84 Å². The molecule has 0 bridgehead atoms. The Balaban J connectivity index is 1.87. The Kier molecular flexibility index (Phi) is 4.42. The van der Waals surface area contributed by atoms with Crippen molar-refractivity contribution in [3.8, 4) is 0 Å². The van der Waals surface area contributed by atoms with E-state index >= 15 is 0 Å². The lowest BCUT2D eigenvalue weighted by Crippen LogP contribution is -2.42. The molecule has 0 unspecified atom stereocenters. The van der Waals surface area contributed by atoms with Gasteiger partial charge < -0.3 is 9.47 Å². The van der Waals surface area contributed by atoms with E-state index < -0.39 is 0 Å². The van der Waals surface area contributed by atoms with Crippen LogP contribution in [0.5, 0.6) is 0 Å². The lowest BCUT2D eigenvalue weighted by molar-refractivity contribution is -0.130. The fraction of sp³-hybridized carbons (Fsp3) is 0.471. The smallest absolute Gasteiger partial charge is 0.254 e. The summed E-state index contributed by atoms with van der Waals surface area (Å²) >= 11 is 0. The van der Waals surface area contributed by atoms with Crippen LogP contribution in [0.3, 0.4) is 0 Å². The molecule has 0 radical (unpaired) electrons. The largest absolute Gasteiger partial charge is 0.327 e. The van der Waals surface area contributed by atoms with Crippen LogP contribution in [0.25, 0.3) is 0 Å². The van der Waals surface area contributed by atoms with Crippen molar-refractivity contribution in [2.24, 2.45) is 4.99 Å². The Morgan fingerprint density at radius 2 is 2.08 bits per heavy atom. The van der Waals surface area contributed by atoms with E-state index in [0.29, 0.717) is 24.6 Å². The first kappa shape index (κ1) is 16.3. The van der Waals surface area contributed by atoms with Crippen LogP contribution in [-0.4, -0.2) is 43.7 Å². The van der Waals surface area contributed by atoms with Crippen LogP contribution in [0.1, 0.15) is 51.3 Å². The summed E-state index contributed by atoms with van der Waals surface area (Å²) in [7, 11) is 0. The molecule has 1 atom stereocenters. The number of nitrogens with one attached hydrogen (secondary N) is 1. The van der Waals surface area contributed by atoms with Crippen LogP contribution in [-0.2, 0) is 11.3 Å². The van der Waals surface area contributed by atoms with E-state index in [-0.39, 0.29) is 17.8 Å². The van der Waals surface area contributed by atoms with Gasteiger partial charge in [-0.3, -0.25) is 10.2 Å². The van der Waals surface area contributed by atoms with Crippen LogP contribution in [0.2, 0.25) is 0 Å². The van der Waals surface area contributed by atoms with E-state index in [1.807, 2.05) is 41.5 Å². The van der Waals surface area contributed by atoms with Gasteiger partial charge in [-0.05, 0) is 33.6 Å². The Labute approximate surface area is 141 Å². The Morgan fingerprint density at radius 3 is 2.75 bits per heavy atom. The summed E-state index contributed by atoms with van der Waals surface area (Å²) in [6.07, 6.45) is 7.87. The van der Waals surface area contributed by atoms with Crippen molar-refractivity contribution in [2.75, 3.05) is 6.54 Å². The molecule has 2 aliphatic rings. The highest BCUT2D eigenvalue weighted by atomic mass is 16.2. The summed E-state index contributed by atoms with van der Waals surface area (Å²) in [5.41, 5.74) is 1.43. The molecule has 1 aromatic heterocycles. The minimum absolute atomic E-state index is 0.0509. The minimum Gasteiger partial charge on any atom is -0.327 e. The van der Waals surface area contributed by atoms with Gasteiger partial charge >= 0.3 is 0 Å². The predicted octanol–water partition coefficient (Wildman–Crippen LogP) is 2.26. The molecule has 1 amide bonds. The molecule has 126 valence electrons. The number of allylic oxidation sites excluding steroid dienone is 2. The maximum absolute atomic E-state index is 12.8. The van der Waals surface area contributed by atoms with Gasteiger partial charge in [0.15, 0.2) is 11.6 Å². The number of carbonyl (C=O) groups excluding carboxylic acids is 1. The second kappa shape index (κ2) is 6.51. The summed E-state index contributed by atoms with van der Waals surface area (Å²) in [6.45, 7) is 6.68. The maximum Gasteiger partial charge on any atom is 0.254 e. The van der Waals surface area contributed by atoms with Gasteiger partial charge in [-0.2, -0.15) is 0 Å². The Morgan fingerprint density at radius 1 is 1.29 bits per heavy atom. The molecule has 0 saturated carbocycles. The zero-order valence-corrected chi connectivity index (χ0v) is 14.3. The SMILES string of the molecule is CC(=N)N=C(C)c1nnc2n1CCN(C(=O)C1=CCCC=C1)[C@@H]2C. The molecule has 7 heteroatoms. The van der Waals surface area contributed by atoms with Crippen molar-refractivity contribution in [1.29, 1.82) is 5.41 Å². The van der Waals surface area contributed by atoms with E-state index in [4.69, 9.17) is 5.41 Å². The first-order valence-corrected chi connectivity index (χ1v) is 8.20. The molecule has 3 rings (SSSR count). The Hall–Kier alpha value is -2.57. The Bertz CT molecular complexity index is 770. The van der Waals surface area contributed by atoms with E-state index in [1.54, 1.807) is 6.92 Å². The fourth-order valence-electron chi connectivity index (χ4n) is 3.17. The van der Waals surface area contributed by atoms with Gasteiger partial charge in [-0.1, -0.05) is 18.2 Å². The molecule has 1 aromatic rings. The highest BCUT2D eigenvalue weighted by Gasteiger charge is 2.32. The topological polar surface area (TPSA) is 87.2 Å². The van der Waals surface area contributed by atoms with Crippen molar-refractivity contribution in [2.45, 2.75) is 46.2 Å². The number of amidine groups is 1. The summed E-state index contributed by atoms with van der Waals surface area (Å²) in [4.78, 5) is 18.8. The number of hydrogen-bond acceptors (Lipinski definition) is 4. The average Bonchev–Trinajstić information content (AvgIpc) is 3.00. The second-order valence-corrected chi connectivity index (χ2v) is 6.13. The molecule has 1 aliphatic carbocycles. The molecule has 2 heterocycles. The zero-order valence-electron chi connectivity index (χ0n) is 14.3. The lowest BCUT2D eigenvalue weighted by Gasteiger charge is -2.34. The molecule has 24 heavy (non-hydrogen) atoms. The van der Waals surface area contributed by atoms with Crippen molar-refractivity contribution < 1.29 is 4.79 Å². The summed E-state index contributed by atoms with van der Waals surface area (Å²) in [6, 6.07) is -0.141. The van der Waals surface area contributed by atoms with Crippen LogP contribution < -0.4 is 0 Å². The van der Waals surface area contributed by atoms with Crippen molar-refractivity contribution in [3.63, 3.8) is 0 Å². The molecular weight excluding hydrogens is 304 g/mol. The number of aromatic nitrogens is 3. The number of hydrogen-bond donors (Lipinski definition) is 1.